The average molecular weight is 449 g/mol. The van der Waals surface area contributed by atoms with E-state index in [0.29, 0.717) is 5.41 Å². The summed E-state index contributed by atoms with van der Waals surface area (Å²) in [6.45, 7) is 1.24. The molecule has 2 bridgehead atoms. The number of amides is 6. The van der Waals surface area contributed by atoms with Crippen molar-refractivity contribution in [1.29, 1.82) is 0 Å². The molecule has 12 nitrogen and oxygen atoms in total. The maximum atomic E-state index is 11.7. The number of imide groups is 1. The minimum absolute atomic E-state index is 0.0782. The Morgan fingerprint density at radius 3 is 1.81 bits per heavy atom. The van der Waals surface area contributed by atoms with E-state index in [9.17, 15) is 28.8 Å². The third-order valence-electron chi connectivity index (χ3n) is 5.70. The van der Waals surface area contributed by atoms with Crippen LogP contribution < -0.4 is 21.3 Å². The molecule has 0 aromatic rings. The van der Waals surface area contributed by atoms with Crippen LogP contribution in [-0.2, 0) is 33.5 Å². The Bertz CT molecular complexity index is 831. The zero-order valence-corrected chi connectivity index (χ0v) is 17.8. The van der Waals surface area contributed by atoms with Crippen LogP contribution in [0.1, 0.15) is 32.6 Å². The number of carbonyl (C=O) groups excluding carboxylic acids is 6. The van der Waals surface area contributed by atoms with Gasteiger partial charge in [-0.05, 0) is 24.7 Å². The third kappa shape index (κ3) is 5.90. The summed E-state index contributed by atoms with van der Waals surface area (Å²) >= 11 is 0. The van der Waals surface area contributed by atoms with Gasteiger partial charge in [-0.3, -0.25) is 33.7 Å². The van der Waals surface area contributed by atoms with Crippen molar-refractivity contribution in [2.24, 2.45) is 5.41 Å². The van der Waals surface area contributed by atoms with Crippen LogP contribution in [0.15, 0.2) is 12.2 Å². The molecule has 0 aromatic carbocycles. The summed E-state index contributed by atoms with van der Waals surface area (Å²) in [5.74, 6) is -3.07. The Hall–Kier alpha value is -3.28. The van der Waals surface area contributed by atoms with Crippen LogP contribution >= 0.6 is 0 Å². The molecule has 6 amide bonds. The van der Waals surface area contributed by atoms with E-state index in [1.54, 1.807) is 0 Å². The first-order valence-corrected chi connectivity index (χ1v) is 10.3. The van der Waals surface area contributed by atoms with Crippen LogP contribution in [0.2, 0.25) is 0 Å². The van der Waals surface area contributed by atoms with Gasteiger partial charge in [0, 0.05) is 25.1 Å². The highest BCUT2D eigenvalue weighted by Crippen LogP contribution is 2.68. The van der Waals surface area contributed by atoms with Crippen molar-refractivity contribution in [1.82, 2.24) is 26.2 Å². The molecular formula is C20H27N5O7. The van der Waals surface area contributed by atoms with E-state index in [-0.39, 0.29) is 44.9 Å². The molecule has 4 N–H and O–H groups in total. The first-order valence-electron chi connectivity index (χ1n) is 10.3. The highest BCUT2D eigenvalue weighted by Gasteiger charge is 2.66. The number of nitrogens with zero attached hydrogens (tertiary/aromatic N) is 1. The fourth-order valence-corrected chi connectivity index (χ4v) is 4.28. The van der Waals surface area contributed by atoms with Gasteiger partial charge in [0.25, 0.3) is 11.8 Å². The number of rotatable bonds is 12. The van der Waals surface area contributed by atoms with Gasteiger partial charge in [-0.25, -0.2) is 0 Å². The second kappa shape index (κ2) is 9.47. The van der Waals surface area contributed by atoms with E-state index in [1.807, 2.05) is 0 Å². The first kappa shape index (κ1) is 23.4. The van der Waals surface area contributed by atoms with Crippen molar-refractivity contribution in [3.8, 4) is 0 Å². The monoisotopic (exact) mass is 449 g/mol. The Kier molecular flexibility index (Phi) is 6.92. The highest BCUT2D eigenvalue weighted by atomic mass is 16.5. The summed E-state index contributed by atoms with van der Waals surface area (Å²) in [5, 5.41) is 9.58. The number of nitrogens with one attached hydrogen (secondary N) is 4. The zero-order chi connectivity index (χ0) is 23.4. The number of hydrogen-bond acceptors (Lipinski definition) is 7. The molecule has 3 saturated carbocycles. The Balaban J connectivity index is 1.18. The summed E-state index contributed by atoms with van der Waals surface area (Å²) in [4.78, 5) is 70.6. The second-order valence-electron chi connectivity index (χ2n) is 8.65. The fraction of sp³-hybridized carbons (Fsp3) is 0.600. The van der Waals surface area contributed by atoms with Crippen molar-refractivity contribution in [3.63, 3.8) is 0 Å². The summed E-state index contributed by atoms with van der Waals surface area (Å²) in [6.07, 6.45) is 5.14. The lowest BCUT2D eigenvalue weighted by Crippen LogP contribution is -2.67. The number of hydrogen-bond donors (Lipinski definition) is 4. The van der Waals surface area contributed by atoms with Crippen molar-refractivity contribution >= 4 is 35.4 Å². The average Bonchev–Trinajstić information content (AvgIpc) is 3.02. The van der Waals surface area contributed by atoms with E-state index < -0.39 is 35.4 Å². The summed E-state index contributed by atoms with van der Waals surface area (Å²) in [5.41, 5.74) is 0.336. The van der Waals surface area contributed by atoms with Crippen molar-refractivity contribution in [2.45, 2.75) is 38.2 Å². The van der Waals surface area contributed by atoms with E-state index in [4.69, 9.17) is 4.74 Å². The number of ether oxygens (including phenoxy) is 1. The SMILES string of the molecule is CC12CC(OCNC(=O)CNC(=O)CNC(=O)CNC(=O)CCN3C(=O)C=CC3=O)(C1)C2. The van der Waals surface area contributed by atoms with Gasteiger partial charge in [-0.2, -0.15) is 0 Å². The van der Waals surface area contributed by atoms with E-state index >= 15 is 0 Å². The molecule has 0 aromatic heterocycles. The quantitative estimate of drug-likeness (QED) is 0.192. The Morgan fingerprint density at radius 1 is 0.844 bits per heavy atom. The van der Waals surface area contributed by atoms with E-state index in [1.165, 1.54) is 0 Å². The highest BCUT2D eigenvalue weighted by molar-refractivity contribution is 6.13. The molecule has 0 unspecified atom stereocenters. The summed E-state index contributed by atoms with van der Waals surface area (Å²) < 4.78 is 5.68. The molecule has 1 heterocycles. The third-order valence-corrected chi connectivity index (χ3v) is 5.70. The van der Waals surface area contributed by atoms with Crippen LogP contribution in [-0.4, -0.2) is 78.9 Å². The molecule has 4 aliphatic rings. The van der Waals surface area contributed by atoms with E-state index in [0.717, 1.165) is 36.3 Å². The van der Waals surface area contributed by atoms with Gasteiger partial charge >= 0.3 is 0 Å². The fourth-order valence-electron chi connectivity index (χ4n) is 4.28. The molecule has 0 saturated heterocycles. The molecule has 174 valence electrons. The molecular weight excluding hydrogens is 422 g/mol. The van der Waals surface area contributed by atoms with Crippen LogP contribution in [0.4, 0.5) is 0 Å². The lowest BCUT2D eigenvalue weighted by atomic mass is 9.42. The minimum atomic E-state index is -0.603. The summed E-state index contributed by atoms with van der Waals surface area (Å²) in [7, 11) is 0. The van der Waals surface area contributed by atoms with Crippen molar-refractivity contribution in [3.05, 3.63) is 12.2 Å². The van der Waals surface area contributed by atoms with Crippen LogP contribution in [0.5, 0.6) is 0 Å². The molecule has 0 radical (unpaired) electrons. The number of carbonyl (C=O) groups is 6. The smallest absolute Gasteiger partial charge is 0.253 e. The minimum Gasteiger partial charge on any atom is -0.355 e. The topological polar surface area (TPSA) is 163 Å². The molecule has 3 aliphatic carbocycles. The summed E-state index contributed by atoms with van der Waals surface area (Å²) in [6, 6.07) is 0. The van der Waals surface area contributed by atoms with Gasteiger partial charge in [0.1, 0.15) is 6.73 Å². The molecule has 0 spiro atoms. The lowest BCUT2D eigenvalue weighted by molar-refractivity contribution is -0.279. The molecule has 3 fully saturated rings. The normalized spacial score (nSPS) is 25.0. The van der Waals surface area contributed by atoms with Crippen LogP contribution in [0.25, 0.3) is 0 Å². The van der Waals surface area contributed by atoms with Crippen molar-refractivity contribution < 1.29 is 33.5 Å². The second-order valence-corrected chi connectivity index (χ2v) is 8.65. The maximum absolute atomic E-state index is 11.7. The van der Waals surface area contributed by atoms with Crippen LogP contribution in [0.3, 0.4) is 0 Å². The maximum Gasteiger partial charge on any atom is 0.253 e. The largest absolute Gasteiger partial charge is 0.355 e. The Labute approximate surface area is 184 Å². The molecule has 1 aliphatic heterocycles. The molecule has 32 heavy (non-hydrogen) atoms. The zero-order valence-electron chi connectivity index (χ0n) is 17.8. The van der Waals surface area contributed by atoms with E-state index in [2.05, 4.69) is 28.2 Å². The van der Waals surface area contributed by atoms with Crippen LogP contribution in [0, 0.1) is 5.41 Å². The van der Waals surface area contributed by atoms with Gasteiger partial charge in [0.2, 0.25) is 23.6 Å². The lowest BCUT2D eigenvalue weighted by Gasteiger charge is -2.68. The van der Waals surface area contributed by atoms with Gasteiger partial charge in [0.15, 0.2) is 0 Å². The predicted molar refractivity (Wildman–Crippen MR) is 108 cm³/mol. The van der Waals surface area contributed by atoms with Gasteiger partial charge < -0.3 is 26.0 Å². The Morgan fingerprint density at radius 2 is 1.31 bits per heavy atom. The predicted octanol–water partition coefficient (Wildman–Crippen LogP) is -2.32. The first-order chi connectivity index (χ1) is 15.1. The van der Waals surface area contributed by atoms with Crippen molar-refractivity contribution in [2.75, 3.05) is 32.9 Å². The molecule has 12 heteroatoms. The van der Waals surface area contributed by atoms with Gasteiger partial charge in [0.05, 0.1) is 25.2 Å². The van der Waals surface area contributed by atoms with Gasteiger partial charge in [-0.15, -0.1) is 0 Å². The molecule has 4 rings (SSSR count). The standard InChI is InChI=1S/C20H27N5O7/c1-19-9-20(10-19,11-19)32-12-24-16(29)8-23-15(28)7-22-14(27)6-21-13(26)4-5-25-17(30)2-3-18(25)31/h2-3H,4-12H2,1H3,(H,21,26)(H,22,27)(H,23,28)(H,24,29). The molecule has 0 atom stereocenters. The van der Waals surface area contributed by atoms with Gasteiger partial charge in [-0.1, -0.05) is 6.92 Å².